The number of piperazine rings is 1. The zero-order valence-electron chi connectivity index (χ0n) is 15.9. The molecule has 1 N–H and O–H groups in total. The first-order valence-corrected chi connectivity index (χ1v) is 10.7. The summed E-state index contributed by atoms with van der Waals surface area (Å²) in [5.74, 6) is 0.810. The molecule has 2 aromatic heterocycles. The van der Waals surface area contributed by atoms with E-state index in [1.54, 1.807) is 21.4 Å². The van der Waals surface area contributed by atoms with Gasteiger partial charge in [0.15, 0.2) is 0 Å². The molecule has 0 aromatic carbocycles. The van der Waals surface area contributed by atoms with E-state index in [0.29, 0.717) is 43.1 Å². The van der Waals surface area contributed by atoms with Gasteiger partial charge in [0.05, 0.1) is 17.4 Å². The monoisotopic (exact) mass is 380 g/mol. The number of hydrogen-bond acceptors (Lipinski definition) is 5. The normalized spacial score (nSPS) is 19.9. The SMILES string of the molecule is CCc1nn(C)c(CC)c1S(=O)(=O)N1CCN(CC)C(c2ncc[nH]2)C1. The Morgan fingerprint density at radius 1 is 1.23 bits per heavy atom. The minimum atomic E-state index is -3.60. The van der Waals surface area contributed by atoms with E-state index in [4.69, 9.17) is 0 Å². The Bertz CT molecular complexity index is 843. The van der Waals surface area contributed by atoms with Gasteiger partial charge < -0.3 is 4.98 Å². The van der Waals surface area contributed by atoms with Crippen LogP contribution in [0, 0.1) is 0 Å². The van der Waals surface area contributed by atoms with Crippen molar-refractivity contribution in [3.05, 3.63) is 29.6 Å². The van der Waals surface area contributed by atoms with Gasteiger partial charge in [-0.05, 0) is 19.4 Å². The minimum Gasteiger partial charge on any atom is -0.347 e. The number of H-pyrrole nitrogens is 1. The van der Waals surface area contributed by atoms with Gasteiger partial charge in [-0.1, -0.05) is 20.8 Å². The minimum absolute atomic E-state index is 0.0645. The van der Waals surface area contributed by atoms with E-state index in [2.05, 4.69) is 26.9 Å². The highest BCUT2D eigenvalue weighted by Gasteiger charge is 2.38. The van der Waals surface area contributed by atoms with Crippen molar-refractivity contribution in [2.45, 2.75) is 44.6 Å². The summed E-state index contributed by atoms with van der Waals surface area (Å²) in [5, 5.41) is 4.44. The molecule has 0 amide bonds. The van der Waals surface area contributed by atoms with Gasteiger partial charge in [-0.15, -0.1) is 0 Å². The number of nitrogens with one attached hydrogen (secondary N) is 1. The Hall–Kier alpha value is -1.71. The van der Waals surface area contributed by atoms with Crippen LogP contribution in [-0.4, -0.2) is 63.6 Å². The van der Waals surface area contributed by atoms with E-state index < -0.39 is 10.0 Å². The lowest BCUT2D eigenvalue weighted by Crippen LogP contribution is -2.50. The standard InChI is InChI=1S/C17H28N6O2S/c1-5-13-16(14(6-2)21(4)20-13)26(24,25)23-11-10-22(7-3)15(12-23)17-18-8-9-19-17/h8-9,15H,5-7,10-12H2,1-4H3,(H,18,19). The van der Waals surface area contributed by atoms with Crippen LogP contribution in [0.25, 0.3) is 0 Å². The molecule has 0 saturated carbocycles. The second-order valence-corrected chi connectivity index (χ2v) is 8.41. The van der Waals surface area contributed by atoms with Gasteiger partial charge in [-0.3, -0.25) is 9.58 Å². The summed E-state index contributed by atoms with van der Waals surface area (Å²) in [6, 6.07) is -0.0645. The highest BCUT2D eigenvalue weighted by atomic mass is 32.2. The van der Waals surface area contributed by atoms with Crippen LogP contribution in [-0.2, 0) is 29.9 Å². The number of hydrogen-bond donors (Lipinski definition) is 1. The summed E-state index contributed by atoms with van der Waals surface area (Å²) in [4.78, 5) is 10.2. The van der Waals surface area contributed by atoms with Gasteiger partial charge in [0, 0.05) is 39.1 Å². The van der Waals surface area contributed by atoms with Gasteiger partial charge >= 0.3 is 0 Å². The summed E-state index contributed by atoms with van der Waals surface area (Å²) in [6.07, 6.45) is 4.72. The molecule has 1 saturated heterocycles. The Balaban J connectivity index is 1.98. The van der Waals surface area contributed by atoms with E-state index in [0.717, 1.165) is 18.1 Å². The Kier molecular flexibility index (Phi) is 5.50. The molecule has 1 fully saturated rings. The first kappa shape index (κ1) is 19.1. The third-order valence-electron chi connectivity index (χ3n) is 5.15. The lowest BCUT2D eigenvalue weighted by atomic mass is 10.2. The van der Waals surface area contributed by atoms with Crippen LogP contribution in [0.5, 0.6) is 0 Å². The summed E-state index contributed by atoms with van der Waals surface area (Å²) in [7, 11) is -1.78. The summed E-state index contributed by atoms with van der Waals surface area (Å²) < 4.78 is 30.3. The second kappa shape index (κ2) is 7.50. The summed E-state index contributed by atoms with van der Waals surface area (Å²) in [6.45, 7) is 8.42. The summed E-state index contributed by atoms with van der Waals surface area (Å²) >= 11 is 0. The highest BCUT2D eigenvalue weighted by Crippen LogP contribution is 2.30. The molecule has 26 heavy (non-hydrogen) atoms. The molecule has 144 valence electrons. The molecule has 9 heteroatoms. The number of rotatable bonds is 6. The Labute approximate surface area is 155 Å². The number of nitrogens with zero attached hydrogens (tertiary/aromatic N) is 5. The van der Waals surface area contributed by atoms with Gasteiger partial charge in [-0.2, -0.15) is 9.40 Å². The maximum absolute atomic E-state index is 13.5. The smallest absolute Gasteiger partial charge is 0.246 e. The van der Waals surface area contributed by atoms with Gasteiger partial charge in [0.25, 0.3) is 0 Å². The van der Waals surface area contributed by atoms with Gasteiger partial charge in [-0.25, -0.2) is 13.4 Å². The van der Waals surface area contributed by atoms with Gasteiger partial charge in [0.2, 0.25) is 10.0 Å². The van der Waals surface area contributed by atoms with Crippen LogP contribution >= 0.6 is 0 Å². The average Bonchev–Trinajstić information content (AvgIpc) is 3.28. The van der Waals surface area contributed by atoms with Crippen molar-refractivity contribution < 1.29 is 8.42 Å². The van der Waals surface area contributed by atoms with Crippen molar-refractivity contribution in [2.24, 2.45) is 7.05 Å². The van der Waals surface area contributed by atoms with Crippen LogP contribution in [0.3, 0.4) is 0 Å². The fourth-order valence-electron chi connectivity index (χ4n) is 3.76. The van der Waals surface area contributed by atoms with Crippen LogP contribution in [0.15, 0.2) is 17.3 Å². The molecule has 3 rings (SSSR count). The number of imidazole rings is 1. The van der Waals surface area contributed by atoms with E-state index in [-0.39, 0.29) is 6.04 Å². The molecular formula is C17H28N6O2S. The van der Waals surface area contributed by atoms with E-state index in [1.165, 1.54) is 0 Å². The highest BCUT2D eigenvalue weighted by molar-refractivity contribution is 7.89. The Morgan fingerprint density at radius 2 is 2.00 bits per heavy atom. The van der Waals surface area contributed by atoms with E-state index in [9.17, 15) is 8.42 Å². The molecule has 0 radical (unpaired) electrons. The molecular weight excluding hydrogens is 352 g/mol. The van der Waals surface area contributed by atoms with Crippen molar-refractivity contribution in [2.75, 3.05) is 26.2 Å². The number of aryl methyl sites for hydroxylation is 2. The zero-order chi connectivity index (χ0) is 18.9. The van der Waals surface area contributed by atoms with E-state index in [1.807, 2.05) is 20.9 Å². The molecule has 1 aliphatic rings. The predicted octanol–water partition coefficient (Wildman–Crippen LogP) is 1.34. The number of likely N-dealkylation sites (N-methyl/N-ethyl adjacent to an activating group) is 1. The predicted molar refractivity (Wildman–Crippen MR) is 99.3 cm³/mol. The molecule has 8 nitrogen and oxygen atoms in total. The van der Waals surface area contributed by atoms with Crippen molar-refractivity contribution in [3.8, 4) is 0 Å². The third kappa shape index (κ3) is 3.19. The third-order valence-corrected chi connectivity index (χ3v) is 7.15. The Morgan fingerprint density at radius 3 is 2.58 bits per heavy atom. The molecule has 0 spiro atoms. The molecule has 1 unspecified atom stereocenters. The van der Waals surface area contributed by atoms with Crippen LogP contribution < -0.4 is 0 Å². The fraction of sp³-hybridized carbons (Fsp3) is 0.647. The molecule has 2 aromatic rings. The topological polar surface area (TPSA) is 87.1 Å². The number of aromatic amines is 1. The lowest BCUT2D eigenvalue weighted by Gasteiger charge is -2.39. The molecule has 1 aliphatic heterocycles. The second-order valence-electron chi connectivity index (χ2n) is 6.54. The van der Waals surface area contributed by atoms with Gasteiger partial charge in [0.1, 0.15) is 10.7 Å². The van der Waals surface area contributed by atoms with Crippen molar-refractivity contribution in [3.63, 3.8) is 0 Å². The van der Waals surface area contributed by atoms with Crippen molar-refractivity contribution in [1.82, 2.24) is 29.0 Å². The van der Waals surface area contributed by atoms with Crippen molar-refractivity contribution >= 4 is 10.0 Å². The van der Waals surface area contributed by atoms with Crippen LogP contribution in [0.2, 0.25) is 0 Å². The van der Waals surface area contributed by atoms with E-state index >= 15 is 0 Å². The first-order chi connectivity index (χ1) is 12.4. The molecule has 1 atom stereocenters. The van der Waals surface area contributed by atoms with Crippen molar-refractivity contribution in [1.29, 1.82) is 0 Å². The van der Waals surface area contributed by atoms with Crippen LogP contribution in [0.1, 0.15) is 44.0 Å². The molecule has 0 aliphatic carbocycles. The molecule has 0 bridgehead atoms. The number of sulfonamides is 1. The molecule has 3 heterocycles. The maximum atomic E-state index is 13.5. The quantitative estimate of drug-likeness (QED) is 0.817. The number of aromatic nitrogens is 4. The fourth-order valence-corrected chi connectivity index (χ4v) is 5.73. The first-order valence-electron chi connectivity index (χ1n) is 9.22. The average molecular weight is 381 g/mol. The van der Waals surface area contributed by atoms with Crippen LogP contribution in [0.4, 0.5) is 0 Å². The zero-order valence-corrected chi connectivity index (χ0v) is 16.8. The lowest BCUT2D eigenvalue weighted by molar-refractivity contribution is 0.119. The maximum Gasteiger partial charge on any atom is 0.246 e. The summed E-state index contributed by atoms with van der Waals surface area (Å²) in [5.41, 5.74) is 1.42. The largest absolute Gasteiger partial charge is 0.347 e.